The molecule has 0 bridgehead atoms. The van der Waals surface area contributed by atoms with Crippen LogP contribution < -0.4 is 15.4 Å². The van der Waals surface area contributed by atoms with Gasteiger partial charge in [0.15, 0.2) is 11.6 Å². The standard InChI is InChI=1S/C18H16N4O4S/c1-25-13-5-2-4-12(10-13)19-16(23)11-27-17-8-7-15(21-22-17)20-18(24)14-6-3-9-26-14/h2-10H,11H2,1H3,(H,19,23)(H,20,21,24). The first-order valence-corrected chi connectivity index (χ1v) is 8.88. The third-order valence-electron chi connectivity index (χ3n) is 3.33. The van der Waals surface area contributed by atoms with Crippen LogP contribution in [0, 0.1) is 0 Å². The molecular formula is C18H16N4O4S. The number of nitrogens with one attached hydrogen (secondary N) is 2. The van der Waals surface area contributed by atoms with Crippen LogP contribution in [0.2, 0.25) is 0 Å². The zero-order valence-corrected chi connectivity index (χ0v) is 15.2. The second kappa shape index (κ2) is 8.86. The summed E-state index contributed by atoms with van der Waals surface area (Å²) in [6.45, 7) is 0. The van der Waals surface area contributed by atoms with Gasteiger partial charge in [-0.1, -0.05) is 17.8 Å². The van der Waals surface area contributed by atoms with Gasteiger partial charge in [-0.2, -0.15) is 0 Å². The SMILES string of the molecule is COc1cccc(NC(=O)CSc2ccc(NC(=O)c3ccco3)nn2)c1. The molecule has 0 aliphatic rings. The Morgan fingerprint density at radius 3 is 2.70 bits per heavy atom. The summed E-state index contributed by atoms with van der Waals surface area (Å²) in [4.78, 5) is 23.9. The number of hydrogen-bond donors (Lipinski definition) is 2. The number of amides is 2. The van der Waals surface area contributed by atoms with E-state index in [1.807, 2.05) is 0 Å². The number of nitrogens with zero attached hydrogens (tertiary/aromatic N) is 2. The van der Waals surface area contributed by atoms with Crippen LogP contribution in [0.4, 0.5) is 11.5 Å². The zero-order chi connectivity index (χ0) is 19.1. The lowest BCUT2D eigenvalue weighted by atomic mass is 10.3. The largest absolute Gasteiger partial charge is 0.497 e. The lowest BCUT2D eigenvalue weighted by molar-refractivity contribution is -0.113. The van der Waals surface area contributed by atoms with Crippen LogP contribution in [0.5, 0.6) is 5.75 Å². The number of aromatic nitrogens is 2. The maximum absolute atomic E-state index is 12.0. The molecule has 0 atom stereocenters. The van der Waals surface area contributed by atoms with E-state index in [0.717, 1.165) is 0 Å². The molecule has 9 heteroatoms. The first-order chi connectivity index (χ1) is 13.1. The zero-order valence-electron chi connectivity index (χ0n) is 14.3. The van der Waals surface area contributed by atoms with Gasteiger partial charge in [-0.15, -0.1) is 10.2 Å². The topological polar surface area (TPSA) is 106 Å². The molecule has 2 amide bonds. The van der Waals surface area contributed by atoms with E-state index in [0.29, 0.717) is 22.3 Å². The molecule has 0 radical (unpaired) electrons. The van der Waals surface area contributed by atoms with Crippen molar-refractivity contribution in [3.05, 3.63) is 60.6 Å². The highest BCUT2D eigenvalue weighted by Gasteiger charge is 2.10. The minimum Gasteiger partial charge on any atom is -0.497 e. The van der Waals surface area contributed by atoms with E-state index in [1.54, 1.807) is 55.6 Å². The lowest BCUT2D eigenvalue weighted by Gasteiger charge is -2.07. The van der Waals surface area contributed by atoms with Crippen LogP contribution in [0.25, 0.3) is 0 Å². The summed E-state index contributed by atoms with van der Waals surface area (Å²) in [6, 6.07) is 13.6. The summed E-state index contributed by atoms with van der Waals surface area (Å²) in [6.07, 6.45) is 1.41. The highest BCUT2D eigenvalue weighted by molar-refractivity contribution is 7.99. The number of rotatable bonds is 7. The van der Waals surface area contributed by atoms with Gasteiger partial charge in [0.2, 0.25) is 5.91 Å². The smallest absolute Gasteiger partial charge is 0.292 e. The molecule has 1 aromatic carbocycles. The Kier molecular flexibility index (Phi) is 6.06. The van der Waals surface area contributed by atoms with Gasteiger partial charge in [0.05, 0.1) is 19.1 Å². The van der Waals surface area contributed by atoms with Gasteiger partial charge < -0.3 is 19.8 Å². The van der Waals surface area contributed by atoms with Crippen molar-refractivity contribution in [1.29, 1.82) is 0 Å². The number of hydrogen-bond acceptors (Lipinski definition) is 7. The maximum Gasteiger partial charge on any atom is 0.292 e. The highest BCUT2D eigenvalue weighted by Crippen LogP contribution is 2.19. The van der Waals surface area contributed by atoms with Gasteiger partial charge in [-0.25, -0.2) is 0 Å². The van der Waals surface area contributed by atoms with E-state index >= 15 is 0 Å². The monoisotopic (exact) mass is 384 g/mol. The summed E-state index contributed by atoms with van der Waals surface area (Å²) in [5.74, 6) is 0.728. The van der Waals surface area contributed by atoms with Crippen LogP contribution in [-0.4, -0.2) is 34.9 Å². The van der Waals surface area contributed by atoms with E-state index in [4.69, 9.17) is 9.15 Å². The van der Waals surface area contributed by atoms with Crippen molar-refractivity contribution >= 4 is 35.1 Å². The number of ether oxygens (including phenoxy) is 1. The Labute approximate surface area is 159 Å². The minimum atomic E-state index is -0.410. The van der Waals surface area contributed by atoms with E-state index in [2.05, 4.69) is 20.8 Å². The normalized spacial score (nSPS) is 10.3. The lowest BCUT2D eigenvalue weighted by Crippen LogP contribution is -2.14. The molecule has 0 unspecified atom stereocenters. The third kappa shape index (κ3) is 5.32. The van der Waals surface area contributed by atoms with Crippen molar-refractivity contribution in [2.75, 3.05) is 23.5 Å². The fourth-order valence-electron chi connectivity index (χ4n) is 2.09. The molecule has 0 aliphatic heterocycles. The predicted molar refractivity (Wildman–Crippen MR) is 101 cm³/mol. The predicted octanol–water partition coefficient (Wildman–Crippen LogP) is 3.06. The molecule has 0 saturated heterocycles. The number of anilines is 2. The average molecular weight is 384 g/mol. The Balaban J connectivity index is 1.49. The van der Waals surface area contributed by atoms with Crippen LogP contribution in [-0.2, 0) is 4.79 Å². The summed E-state index contributed by atoms with van der Waals surface area (Å²) in [5, 5.41) is 13.8. The first-order valence-electron chi connectivity index (χ1n) is 7.89. The van der Waals surface area contributed by atoms with Gasteiger partial charge in [0.25, 0.3) is 5.91 Å². The molecule has 0 spiro atoms. The first kappa shape index (κ1) is 18.5. The number of thioether (sulfide) groups is 1. The summed E-state index contributed by atoms with van der Waals surface area (Å²) in [5.41, 5.74) is 0.655. The number of carbonyl (C=O) groups is 2. The maximum atomic E-state index is 12.0. The van der Waals surface area contributed by atoms with Crippen molar-refractivity contribution in [1.82, 2.24) is 10.2 Å². The molecule has 0 fully saturated rings. The Hall–Kier alpha value is -3.33. The Bertz CT molecular complexity index is 913. The summed E-state index contributed by atoms with van der Waals surface area (Å²) in [7, 11) is 1.57. The third-order valence-corrected chi connectivity index (χ3v) is 4.25. The van der Waals surface area contributed by atoms with Gasteiger partial charge in [-0.05, 0) is 36.4 Å². The van der Waals surface area contributed by atoms with Crippen molar-refractivity contribution in [3.63, 3.8) is 0 Å². The molecule has 2 heterocycles. The molecule has 27 heavy (non-hydrogen) atoms. The number of furan rings is 1. The van der Waals surface area contributed by atoms with Gasteiger partial charge in [0.1, 0.15) is 10.8 Å². The second-order valence-electron chi connectivity index (χ2n) is 5.26. The molecular weight excluding hydrogens is 368 g/mol. The molecule has 2 aromatic heterocycles. The second-order valence-corrected chi connectivity index (χ2v) is 6.25. The summed E-state index contributed by atoms with van der Waals surface area (Å²) < 4.78 is 10.1. The van der Waals surface area contributed by atoms with Crippen LogP contribution in [0.1, 0.15) is 10.6 Å². The van der Waals surface area contributed by atoms with E-state index in [1.165, 1.54) is 18.0 Å². The molecule has 3 rings (SSSR count). The molecule has 3 aromatic rings. The van der Waals surface area contributed by atoms with Gasteiger partial charge >= 0.3 is 0 Å². The minimum absolute atomic E-state index is 0.171. The van der Waals surface area contributed by atoms with E-state index in [9.17, 15) is 9.59 Å². The van der Waals surface area contributed by atoms with Crippen molar-refractivity contribution in [2.24, 2.45) is 0 Å². The van der Waals surface area contributed by atoms with E-state index < -0.39 is 5.91 Å². The quantitative estimate of drug-likeness (QED) is 0.603. The van der Waals surface area contributed by atoms with Crippen LogP contribution >= 0.6 is 11.8 Å². The van der Waals surface area contributed by atoms with Gasteiger partial charge in [0, 0.05) is 11.8 Å². The fraction of sp³-hybridized carbons (Fsp3) is 0.111. The molecule has 0 aliphatic carbocycles. The molecule has 0 saturated carbocycles. The van der Waals surface area contributed by atoms with Gasteiger partial charge in [-0.3, -0.25) is 9.59 Å². The molecule has 138 valence electrons. The highest BCUT2D eigenvalue weighted by atomic mass is 32.2. The van der Waals surface area contributed by atoms with Crippen molar-refractivity contribution in [3.8, 4) is 5.75 Å². The molecule has 8 nitrogen and oxygen atoms in total. The van der Waals surface area contributed by atoms with E-state index in [-0.39, 0.29) is 17.4 Å². The van der Waals surface area contributed by atoms with Crippen molar-refractivity contribution in [2.45, 2.75) is 5.03 Å². The Morgan fingerprint density at radius 1 is 1.11 bits per heavy atom. The fourth-order valence-corrected chi connectivity index (χ4v) is 2.70. The Morgan fingerprint density at radius 2 is 2.00 bits per heavy atom. The van der Waals surface area contributed by atoms with Crippen LogP contribution in [0.3, 0.4) is 0 Å². The summed E-state index contributed by atoms with van der Waals surface area (Å²) >= 11 is 1.23. The number of methoxy groups -OCH3 is 1. The van der Waals surface area contributed by atoms with Crippen molar-refractivity contribution < 1.29 is 18.7 Å². The van der Waals surface area contributed by atoms with Crippen LogP contribution in [0.15, 0.2) is 64.2 Å². The number of carbonyl (C=O) groups excluding carboxylic acids is 2. The average Bonchev–Trinajstić information content (AvgIpc) is 3.22. The number of benzene rings is 1. The molecule has 2 N–H and O–H groups in total.